The first kappa shape index (κ1) is 15.0. The number of methoxy groups -OCH3 is 1. The van der Waals surface area contributed by atoms with Crippen molar-refractivity contribution in [3.05, 3.63) is 23.3 Å². The highest BCUT2D eigenvalue weighted by atomic mass is 16.5. The molecule has 0 aromatic heterocycles. The maximum atomic E-state index is 10.4. The average Bonchev–Trinajstić information content (AvgIpc) is 2.34. The molecular formula is C14H19NO4. The molecule has 1 aromatic rings. The Labute approximate surface area is 112 Å². The number of aliphatic carboxylic acids is 1. The molecule has 0 amide bonds. The topological polar surface area (TPSA) is 79.1 Å². The number of benzene rings is 1. The van der Waals surface area contributed by atoms with Gasteiger partial charge in [0.2, 0.25) is 0 Å². The number of ether oxygens (including phenoxy) is 1. The van der Waals surface area contributed by atoms with Gasteiger partial charge in [0.1, 0.15) is 11.5 Å². The first-order valence-electron chi connectivity index (χ1n) is 6.08. The van der Waals surface area contributed by atoms with E-state index in [-0.39, 0.29) is 24.6 Å². The van der Waals surface area contributed by atoms with Crippen LogP contribution in [0.4, 0.5) is 0 Å². The normalized spacial score (nSPS) is 11.2. The fraction of sp³-hybridized carbons (Fsp3) is 0.429. The van der Waals surface area contributed by atoms with Crippen molar-refractivity contribution in [3.63, 3.8) is 0 Å². The molecule has 0 unspecified atom stereocenters. The maximum Gasteiger partial charge on any atom is 0.305 e. The lowest BCUT2D eigenvalue weighted by atomic mass is 9.96. The summed E-state index contributed by atoms with van der Waals surface area (Å²) < 4.78 is 5.12. The molecule has 0 spiro atoms. The molecule has 5 heteroatoms. The Kier molecular flexibility index (Phi) is 5.36. The quantitative estimate of drug-likeness (QED) is 0.774. The maximum absolute atomic E-state index is 10.4. The van der Waals surface area contributed by atoms with Crippen LogP contribution in [-0.4, -0.2) is 36.1 Å². The second-order valence-corrected chi connectivity index (χ2v) is 4.48. The number of phenols is 1. The van der Waals surface area contributed by atoms with E-state index in [0.717, 1.165) is 5.56 Å². The van der Waals surface area contributed by atoms with E-state index in [1.54, 1.807) is 7.11 Å². The number of aromatic hydroxyl groups is 1. The molecule has 0 saturated carbocycles. The number of aliphatic imine (C=N–C) groups is 1. The monoisotopic (exact) mass is 265 g/mol. The van der Waals surface area contributed by atoms with Gasteiger partial charge in [0.15, 0.2) is 0 Å². The summed E-state index contributed by atoms with van der Waals surface area (Å²) in [6.45, 7) is 4.20. The van der Waals surface area contributed by atoms with E-state index >= 15 is 0 Å². The van der Waals surface area contributed by atoms with E-state index in [4.69, 9.17) is 9.84 Å². The Bertz CT molecular complexity index is 481. The second-order valence-electron chi connectivity index (χ2n) is 4.48. The van der Waals surface area contributed by atoms with Crippen molar-refractivity contribution in [2.75, 3.05) is 13.7 Å². The van der Waals surface area contributed by atoms with Crippen LogP contribution < -0.4 is 4.74 Å². The summed E-state index contributed by atoms with van der Waals surface area (Å²) in [5.74, 6) is -0.0203. The number of hydrogen-bond donors (Lipinski definition) is 2. The summed E-state index contributed by atoms with van der Waals surface area (Å²) in [5, 5.41) is 18.5. The molecule has 2 N–H and O–H groups in total. The zero-order valence-corrected chi connectivity index (χ0v) is 11.4. The van der Waals surface area contributed by atoms with Crippen LogP contribution >= 0.6 is 0 Å². The highest BCUT2D eigenvalue weighted by Crippen LogP contribution is 2.31. The zero-order valence-electron chi connectivity index (χ0n) is 11.4. The van der Waals surface area contributed by atoms with Gasteiger partial charge in [-0.3, -0.25) is 9.79 Å². The minimum absolute atomic E-state index is 0.0234. The third kappa shape index (κ3) is 4.28. The molecule has 0 atom stereocenters. The largest absolute Gasteiger partial charge is 0.507 e. The van der Waals surface area contributed by atoms with E-state index in [0.29, 0.717) is 11.3 Å². The molecule has 19 heavy (non-hydrogen) atoms. The van der Waals surface area contributed by atoms with Gasteiger partial charge in [-0.25, -0.2) is 0 Å². The number of carbonyl (C=O) groups is 1. The van der Waals surface area contributed by atoms with Gasteiger partial charge in [0.25, 0.3) is 0 Å². The molecule has 5 nitrogen and oxygen atoms in total. The van der Waals surface area contributed by atoms with Gasteiger partial charge in [-0.2, -0.15) is 0 Å². The van der Waals surface area contributed by atoms with Crippen LogP contribution in [0.2, 0.25) is 0 Å². The SMILES string of the molecule is COc1cc(O)c(C=NCCC(=O)O)c(C(C)C)c1. The highest BCUT2D eigenvalue weighted by Gasteiger charge is 2.12. The van der Waals surface area contributed by atoms with Crippen LogP contribution in [0.15, 0.2) is 17.1 Å². The second kappa shape index (κ2) is 6.78. The van der Waals surface area contributed by atoms with Crippen LogP contribution in [0, 0.1) is 0 Å². The third-order valence-corrected chi connectivity index (χ3v) is 2.70. The van der Waals surface area contributed by atoms with Crippen molar-refractivity contribution >= 4 is 12.2 Å². The van der Waals surface area contributed by atoms with E-state index in [1.165, 1.54) is 12.3 Å². The fourth-order valence-electron chi connectivity index (χ4n) is 1.69. The van der Waals surface area contributed by atoms with E-state index in [9.17, 15) is 9.90 Å². The van der Waals surface area contributed by atoms with Crippen LogP contribution in [0.25, 0.3) is 0 Å². The van der Waals surface area contributed by atoms with Gasteiger partial charge in [0.05, 0.1) is 13.5 Å². The Hall–Kier alpha value is -2.04. The van der Waals surface area contributed by atoms with Crippen molar-refractivity contribution in [2.24, 2.45) is 4.99 Å². The summed E-state index contributed by atoms with van der Waals surface area (Å²) in [4.78, 5) is 14.4. The Balaban J connectivity index is 3.01. The molecule has 0 heterocycles. The lowest BCUT2D eigenvalue weighted by molar-refractivity contribution is -0.136. The zero-order chi connectivity index (χ0) is 14.4. The van der Waals surface area contributed by atoms with Gasteiger partial charge in [-0.15, -0.1) is 0 Å². The van der Waals surface area contributed by atoms with Crippen molar-refractivity contribution in [2.45, 2.75) is 26.2 Å². The number of phenolic OH excluding ortho intramolecular Hbond substituents is 1. The molecule has 0 aliphatic heterocycles. The number of nitrogens with zero attached hydrogens (tertiary/aromatic N) is 1. The minimum atomic E-state index is -0.889. The molecule has 104 valence electrons. The van der Waals surface area contributed by atoms with Crippen molar-refractivity contribution in [1.29, 1.82) is 0 Å². The number of carboxylic acids is 1. The van der Waals surface area contributed by atoms with Crippen LogP contribution in [0.1, 0.15) is 37.3 Å². The molecule has 0 bridgehead atoms. The summed E-state index contributed by atoms with van der Waals surface area (Å²) in [7, 11) is 1.54. The van der Waals surface area contributed by atoms with Crippen LogP contribution in [0.5, 0.6) is 11.5 Å². The summed E-state index contributed by atoms with van der Waals surface area (Å²) >= 11 is 0. The lowest BCUT2D eigenvalue weighted by Crippen LogP contribution is -2.00. The molecule has 0 fully saturated rings. The van der Waals surface area contributed by atoms with E-state index in [2.05, 4.69) is 4.99 Å². The Morgan fingerprint density at radius 1 is 1.47 bits per heavy atom. The minimum Gasteiger partial charge on any atom is -0.507 e. The first-order valence-corrected chi connectivity index (χ1v) is 6.08. The Morgan fingerprint density at radius 2 is 2.16 bits per heavy atom. The predicted molar refractivity (Wildman–Crippen MR) is 73.5 cm³/mol. The molecule has 1 aromatic carbocycles. The average molecular weight is 265 g/mol. The molecular weight excluding hydrogens is 246 g/mol. The number of rotatable bonds is 6. The number of carboxylic acid groups (broad SMARTS) is 1. The van der Waals surface area contributed by atoms with E-state index in [1.807, 2.05) is 19.9 Å². The summed E-state index contributed by atoms with van der Waals surface area (Å²) in [5.41, 5.74) is 1.53. The van der Waals surface area contributed by atoms with Crippen molar-refractivity contribution in [3.8, 4) is 11.5 Å². The highest BCUT2D eigenvalue weighted by molar-refractivity contribution is 5.86. The summed E-state index contributed by atoms with van der Waals surface area (Å²) in [6.07, 6.45) is 1.50. The number of hydrogen-bond acceptors (Lipinski definition) is 4. The fourth-order valence-corrected chi connectivity index (χ4v) is 1.69. The Morgan fingerprint density at radius 3 is 2.68 bits per heavy atom. The van der Waals surface area contributed by atoms with Crippen molar-refractivity contribution < 1.29 is 19.7 Å². The van der Waals surface area contributed by atoms with Crippen LogP contribution in [0.3, 0.4) is 0 Å². The van der Waals surface area contributed by atoms with Gasteiger partial charge in [0, 0.05) is 24.4 Å². The lowest BCUT2D eigenvalue weighted by Gasteiger charge is -2.13. The smallest absolute Gasteiger partial charge is 0.305 e. The summed E-state index contributed by atoms with van der Waals surface area (Å²) in [6, 6.07) is 3.37. The van der Waals surface area contributed by atoms with Gasteiger partial charge in [-0.1, -0.05) is 13.8 Å². The predicted octanol–water partition coefficient (Wildman–Crippen LogP) is 2.42. The third-order valence-electron chi connectivity index (χ3n) is 2.70. The molecule has 0 saturated heterocycles. The molecule has 1 rings (SSSR count). The molecule has 0 aliphatic carbocycles. The van der Waals surface area contributed by atoms with Gasteiger partial charge >= 0.3 is 5.97 Å². The van der Waals surface area contributed by atoms with E-state index < -0.39 is 5.97 Å². The molecule has 0 aliphatic rings. The van der Waals surface area contributed by atoms with Crippen LogP contribution in [-0.2, 0) is 4.79 Å². The van der Waals surface area contributed by atoms with Gasteiger partial charge in [-0.05, 0) is 17.5 Å². The molecule has 0 radical (unpaired) electrons. The standard InChI is InChI=1S/C14H19NO4/c1-9(2)11-6-10(19-3)7-13(16)12(11)8-15-5-4-14(17)18/h6-9,16H,4-5H2,1-3H3,(H,17,18). The first-order chi connectivity index (χ1) is 8.95. The van der Waals surface area contributed by atoms with Gasteiger partial charge < -0.3 is 14.9 Å². The van der Waals surface area contributed by atoms with Crippen molar-refractivity contribution in [1.82, 2.24) is 0 Å².